The summed E-state index contributed by atoms with van der Waals surface area (Å²) < 4.78 is 7.78. The zero-order valence-electron chi connectivity index (χ0n) is 19.6. The molecule has 0 saturated carbocycles. The van der Waals surface area contributed by atoms with Crippen LogP contribution in [0.5, 0.6) is 0 Å². The molecule has 1 N–H and O–H groups in total. The first-order valence-electron chi connectivity index (χ1n) is 11.7. The van der Waals surface area contributed by atoms with Crippen molar-refractivity contribution in [3.8, 4) is 6.07 Å². The molecule has 1 aromatic heterocycles. The van der Waals surface area contributed by atoms with Gasteiger partial charge in [0.05, 0.1) is 35.3 Å². The van der Waals surface area contributed by atoms with Crippen LogP contribution in [0.15, 0.2) is 24.3 Å². The molecule has 34 heavy (non-hydrogen) atoms. The van der Waals surface area contributed by atoms with Crippen LogP contribution in [0.4, 0.5) is 5.82 Å². The van der Waals surface area contributed by atoms with Gasteiger partial charge in [0.15, 0.2) is 0 Å². The molecule has 3 heterocycles. The van der Waals surface area contributed by atoms with Crippen molar-refractivity contribution < 1.29 is 14.3 Å². The number of nitrogens with zero attached hydrogens (tertiary/aromatic N) is 4. The van der Waals surface area contributed by atoms with Crippen LogP contribution in [0.2, 0.25) is 5.02 Å². The first-order chi connectivity index (χ1) is 16.4. The van der Waals surface area contributed by atoms with Crippen molar-refractivity contribution in [3.05, 3.63) is 51.7 Å². The number of hydrogen-bond donors (Lipinski definition) is 1. The Hall–Kier alpha value is -2.86. The molecule has 2 saturated heterocycles. The van der Waals surface area contributed by atoms with E-state index in [1.165, 1.54) is 0 Å². The largest absolute Gasteiger partial charge is 0.376 e. The van der Waals surface area contributed by atoms with Gasteiger partial charge in [-0.15, -0.1) is 0 Å². The third-order valence-electron chi connectivity index (χ3n) is 6.74. The Morgan fingerprint density at radius 3 is 2.59 bits per heavy atom. The Bertz CT molecular complexity index is 1110. The van der Waals surface area contributed by atoms with Gasteiger partial charge in [0.1, 0.15) is 11.9 Å². The monoisotopic (exact) mass is 483 g/mol. The van der Waals surface area contributed by atoms with Crippen molar-refractivity contribution in [2.75, 3.05) is 44.6 Å². The van der Waals surface area contributed by atoms with E-state index in [1.54, 1.807) is 29.2 Å². The number of carbonyl (C=O) groups is 2. The van der Waals surface area contributed by atoms with Gasteiger partial charge in [-0.2, -0.15) is 5.26 Å². The maximum absolute atomic E-state index is 12.9. The highest BCUT2D eigenvalue weighted by Crippen LogP contribution is 2.28. The zero-order chi connectivity index (χ0) is 24.2. The molecule has 180 valence electrons. The lowest BCUT2D eigenvalue weighted by molar-refractivity contribution is -0.117. The van der Waals surface area contributed by atoms with Crippen molar-refractivity contribution >= 4 is 29.2 Å². The Kier molecular flexibility index (Phi) is 7.57. The lowest BCUT2D eigenvalue weighted by atomic mass is 10.2. The first-order valence-corrected chi connectivity index (χ1v) is 12.0. The summed E-state index contributed by atoms with van der Waals surface area (Å²) >= 11 is 6.17. The molecule has 0 bridgehead atoms. The molecule has 0 unspecified atom stereocenters. The van der Waals surface area contributed by atoms with Gasteiger partial charge in [0.2, 0.25) is 5.91 Å². The second-order valence-corrected chi connectivity index (χ2v) is 9.30. The summed E-state index contributed by atoms with van der Waals surface area (Å²) in [5.74, 6) is 0.283. The number of hydrogen-bond acceptors (Lipinski definition) is 5. The van der Waals surface area contributed by atoms with Crippen molar-refractivity contribution in [2.24, 2.45) is 0 Å². The van der Waals surface area contributed by atoms with Crippen LogP contribution in [0.1, 0.15) is 40.0 Å². The van der Waals surface area contributed by atoms with E-state index in [-0.39, 0.29) is 24.5 Å². The Labute approximate surface area is 205 Å². The number of ether oxygens (including phenoxy) is 1. The number of halogens is 1. The predicted molar refractivity (Wildman–Crippen MR) is 130 cm³/mol. The summed E-state index contributed by atoms with van der Waals surface area (Å²) in [6.07, 6.45) is 2.10. The van der Waals surface area contributed by atoms with E-state index in [0.29, 0.717) is 54.7 Å². The topological polar surface area (TPSA) is 90.6 Å². The van der Waals surface area contributed by atoms with Crippen LogP contribution in [0.3, 0.4) is 0 Å². The number of anilines is 1. The molecule has 2 aliphatic heterocycles. The summed E-state index contributed by atoms with van der Waals surface area (Å²) in [5, 5.41) is 13.2. The van der Waals surface area contributed by atoms with Crippen LogP contribution >= 0.6 is 11.6 Å². The molecule has 2 fully saturated rings. The number of rotatable bonds is 6. The van der Waals surface area contributed by atoms with E-state index < -0.39 is 0 Å². The van der Waals surface area contributed by atoms with Crippen molar-refractivity contribution in [2.45, 2.75) is 39.3 Å². The number of piperazine rings is 1. The average Bonchev–Trinajstić information content (AvgIpc) is 3.42. The maximum atomic E-state index is 12.9. The van der Waals surface area contributed by atoms with Gasteiger partial charge >= 0.3 is 0 Å². The molecule has 2 amide bonds. The third kappa shape index (κ3) is 5.12. The molecule has 1 atom stereocenters. The summed E-state index contributed by atoms with van der Waals surface area (Å²) in [7, 11) is 0. The normalized spacial score (nSPS) is 18.6. The highest BCUT2D eigenvalue weighted by molar-refractivity contribution is 6.33. The number of carbonyl (C=O) groups excluding carboxylic acids is 2. The van der Waals surface area contributed by atoms with Crippen LogP contribution in [-0.2, 0) is 16.1 Å². The molecular formula is C25H30ClN5O3. The zero-order valence-corrected chi connectivity index (χ0v) is 20.4. The SMILES string of the molecule is Cc1c(C#N)c(NC(=O)CN2CCN(C(=O)c3ccccc3Cl)CC2)n(C[C@H]2CCCO2)c1C. The van der Waals surface area contributed by atoms with Crippen molar-refractivity contribution in [1.29, 1.82) is 5.26 Å². The molecule has 0 spiro atoms. The molecule has 2 aliphatic rings. The molecule has 0 aliphatic carbocycles. The van der Waals surface area contributed by atoms with Gasteiger partial charge in [0, 0.05) is 38.5 Å². The third-order valence-corrected chi connectivity index (χ3v) is 7.07. The number of nitriles is 1. The number of benzene rings is 1. The Balaban J connectivity index is 1.37. The van der Waals surface area contributed by atoms with E-state index in [2.05, 4.69) is 11.4 Å². The number of amides is 2. The van der Waals surface area contributed by atoms with Crippen molar-refractivity contribution in [3.63, 3.8) is 0 Å². The maximum Gasteiger partial charge on any atom is 0.255 e. The number of nitrogens with one attached hydrogen (secondary N) is 1. The van der Waals surface area contributed by atoms with E-state index in [9.17, 15) is 14.9 Å². The van der Waals surface area contributed by atoms with Gasteiger partial charge in [-0.3, -0.25) is 14.5 Å². The second kappa shape index (κ2) is 10.6. The lowest BCUT2D eigenvalue weighted by Crippen LogP contribution is -2.50. The molecular weight excluding hydrogens is 454 g/mol. The highest BCUT2D eigenvalue weighted by atomic mass is 35.5. The van der Waals surface area contributed by atoms with Gasteiger partial charge in [-0.25, -0.2) is 0 Å². The van der Waals surface area contributed by atoms with Crippen LogP contribution < -0.4 is 5.32 Å². The van der Waals surface area contributed by atoms with E-state index >= 15 is 0 Å². The summed E-state index contributed by atoms with van der Waals surface area (Å²) in [5.41, 5.74) is 2.84. The molecule has 0 radical (unpaired) electrons. The number of aromatic nitrogens is 1. The fourth-order valence-electron chi connectivity index (χ4n) is 4.64. The highest BCUT2D eigenvalue weighted by Gasteiger charge is 2.27. The average molecular weight is 484 g/mol. The molecule has 9 heteroatoms. The molecule has 2 aromatic rings. The Morgan fingerprint density at radius 2 is 1.94 bits per heavy atom. The minimum absolute atomic E-state index is 0.0914. The molecule has 8 nitrogen and oxygen atoms in total. The molecule has 4 rings (SSSR count). The standard InChI is InChI=1S/C25H30ClN5O3/c1-17-18(2)31(15-19-6-5-13-34-19)24(21(17)14-27)28-23(32)16-29-9-11-30(12-10-29)25(33)20-7-3-4-8-22(20)26/h3-4,7-8,19H,5-6,9-13,15-16H2,1-2H3,(H,28,32)/t19-/m1/s1. The van der Waals surface area contributed by atoms with Gasteiger partial charge in [0.25, 0.3) is 5.91 Å². The predicted octanol–water partition coefficient (Wildman–Crippen LogP) is 3.21. The van der Waals surface area contributed by atoms with E-state index in [1.807, 2.05) is 23.3 Å². The fourth-order valence-corrected chi connectivity index (χ4v) is 4.86. The summed E-state index contributed by atoms with van der Waals surface area (Å²) in [6.45, 7) is 7.66. The smallest absolute Gasteiger partial charge is 0.255 e. The lowest BCUT2D eigenvalue weighted by Gasteiger charge is -2.34. The van der Waals surface area contributed by atoms with E-state index in [0.717, 1.165) is 30.7 Å². The van der Waals surface area contributed by atoms with Crippen LogP contribution in [0, 0.1) is 25.2 Å². The summed E-state index contributed by atoms with van der Waals surface area (Å²) in [6, 6.07) is 9.29. The van der Waals surface area contributed by atoms with Crippen LogP contribution in [0.25, 0.3) is 0 Å². The van der Waals surface area contributed by atoms with Crippen molar-refractivity contribution in [1.82, 2.24) is 14.4 Å². The fraction of sp³-hybridized carbons (Fsp3) is 0.480. The van der Waals surface area contributed by atoms with Gasteiger partial charge in [-0.05, 0) is 44.4 Å². The molecule has 1 aromatic carbocycles. The van der Waals surface area contributed by atoms with E-state index in [4.69, 9.17) is 16.3 Å². The quantitative estimate of drug-likeness (QED) is 0.681. The first kappa shape index (κ1) is 24.3. The minimum atomic E-state index is -0.173. The van der Waals surface area contributed by atoms with Crippen LogP contribution in [-0.4, -0.2) is 71.6 Å². The summed E-state index contributed by atoms with van der Waals surface area (Å²) in [4.78, 5) is 29.5. The Morgan fingerprint density at radius 1 is 1.21 bits per heavy atom. The van der Waals surface area contributed by atoms with Gasteiger partial charge < -0.3 is 19.5 Å². The second-order valence-electron chi connectivity index (χ2n) is 8.89. The van der Waals surface area contributed by atoms with Gasteiger partial charge in [-0.1, -0.05) is 23.7 Å². The minimum Gasteiger partial charge on any atom is -0.376 e.